The fourth-order valence-electron chi connectivity index (χ4n) is 0.931. The molecule has 0 N–H and O–H groups in total. The van der Waals surface area contributed by atoms with Crippen LogP contribution in [0.2, 0.25) is 0 Å². The summed E-state index contributed by atoms with van der Waals surface area (Å²) in [6, 6.07) is 0. The van der Waals surface area contributed by atoms with Crippen LogP contribution in [0.3, 0.4) is 0 Å². The van der Waals surface area contributed by atoms with E-state index >= 15 is 0 Å². The fourth-order valence-corrected chi connectivity index (χ4v) is 0.931. The molecule has 0 heterocycles. The van der Waals surface area contributed by atoms with E-state index in [2.05, 4.69) is 13.8 Å². The van der Waals surface area contributed by atoms with Crippen molar-refractivity contribution in [3.63, 3.8) is 0 Å². The summed E-state index contributed by atoms with van der Waals surface area (Å²) in [5.41, 5.74) is 0. The molecule has 0 unspecified atom stereocenters. The first-order valence-electron chi connectivity index (χ1n) is 4.58. The summed E-state index contributed by atoms with van der Waals surface area (Å²) in [7, 11) is 0. The van der Waals surface area contributed by atoms with Gasteiger partial charge in [-0.05, 0) is 18.9 Å². The van der Waals surface area contributed by atoms with Crippen molar-refractivity contribution in [2.45, 2.75) is 46.5 Å². The normalized spacial score (nSPS) is 11.4. The van der Waals surface area contributed by atoms with Crippen LogP contribution < -0.4 is 0 Å². The summed E-state index contributed by atoms with van der Waals surface area (Å²) in [5.74, 6) is 0.609. The topological polar surface area (TPSA) is 26.3 Å². The summed E-state index contributed by atoms with van der Waals surface area (Å²) >= 11 is 0. The van der Waals surface area contributed by atoms with Gasteiger partial charge in [-0.15, -0.1) is 0 Å². The highest BCUT2D eigenvalue weighted by molar-refractivity contribution is 5.67. The zero-order valence-corrected chi connectivity index (χ0v) is 8.22. The molecule has 0 fully saturated rings. The third-order valence-electron chi connectivity index (χ3n) is 1.43. The standard InChI is InChI=1S/C10H18O2/c1-4-6-8-10(7-5-2)12-9(3)11/h8H,4-7H2,1-3H3/b10-8-. The molecule has 0 atom stereocenters. The van der Waals surface area contributed by atoms with Crippen LogP contribution in [-0.2, 0) is 9.53 Å². The van der Waals surface area contributed by atoms with Gasteiger partial charge < -0.3 is 4.74 Å². The lowest BCUT2D eigenvalue weighted by molar-refractivity contribution is -0.137. The zero-order valence-electron chi connectivity index (χ0n) is 8.22. The molecular formula is C10H18O2. The lowest BCUT2D eigenvalue weighted by atomic mass is 10.2. The highest BCUT2D eigenvalue weighted by Gasteiger charge is 1.99. The van der Waals surface area contributed by atoms with Gasteiger partial charge in [0.25, 0.3) is 0 Å². The molecule has 0 aliphatic heterocycles. The Hall–Kier alpha value is -0.790. The Morgan fingerprint density at radius 3 is 2.42 bits per heavy atom. The van der Waals surface area contributed by atoms with Crippen LogP contribution in [0.25, 0.3) is 0 Å². The minimum Gasteiger partial charge on any atom is -0.432 e. The van der Waals surface area contributed by atoms with E-state index in [1.807, 2.05) is 6.08 Å². The van der Waals surface area contributed by atoms with Crippen molar-refractivity contribution in [3.05, 3.63) is 11.8 Å². The maximum atomic E-state index is 10.6. The lowest BCUT2D eigenvalue weighted by Crippen LogP contribution is -1.98. The predicted octanol–water partition coefficient (Wildman–Crippen LogP) is 3.03. The van der Waals surface area contributed by atoms with Crippen LogP contribution >= 0.6 is 0 Å². The molecule has 0 aliphatic rings. The Balaban J connectivity index is 3.93. The van der Waals surface area contributed by atoms with Crippen molar-refractivity contribution in [3.8, 4) is 0 Å². The number of allylic oxidation sites excluding steroid dienone is 2. The van der Waals surface area contributed by atoms with Crippen molar-refractivity contribution in [2.24, 2.45) is 0 Å². The second kappa shape index (κ2) is 6.89. The van der Waals surface area contributed by atoms with Gasteiger partial charge >= 0.3 is 5.97 Å². The average Bonchev–Trinajstić information content (AvgIpc) is 2.00. The van der Waals surface area contributed by atoms with Gasteiger partial charge in [0, 0.05) is 13.3 Å². The smallest absolute Gasteiger partial charge is 0.307 e. The van der Waals surface area contributed by atoms with E-state index < -0.39 is 0 Å². The Labute approximate surface area is 74.6 Å². The van der Waals surface area contributed by atoms with E-state index in [1.54, 1.807) is 0 Å². The molecule has 0 spiro atoms. The first kappa shape index (κ1) is 11.2. The molecule has 0 rings (SSSR count). The van der Waals surface area contributed by atoms with Gasteiger partial charge in [-0.3, -0.25) is 4.79 Å². The van der Waals surface area contributed by atoms with E-state index in [1.165, 1.54) is 6.92 Å². The summed E-state index contributed by atoms with van der Waals surface area (Å²) in [5, 5.41) is 0. The molecule has 2 heteroatoms. The molecule has 0 saturated heterocycles. The Morgan fingerprint density at radius 2 is 2.00 bits per heavy atom. The summed E-state index contributed by atoms with van der Waals surface area (Å²) in [6.07, 6.45) is 5.96. The van der Waals surface area contributed by atoms with Crippen molar-refractivity contribution >= 4 is 5.97 Å². The number of ether oxygens (including phenoxy) is 1. The Morgan fingerprint density at radius 1 is 1.33 bits per heavy atom. The lowest BCUT2D eigenvalue weighted by Gasteiger charge is -2.04. The van der Waals surface area contributed by atoms with Crippen LogP contribution in [0.4, 0.5) is 0 Å². The fraction of sp³-hybridized carbons (Fsp3) is 0.700. The maximum Gasteiger partial charge on any atom is 0.307 e. The third-order valence-corrected chi connectivity index (χ3v) is 1.43. The largest absolute Gasteiger partial charge is 0.432 e. The van der Waals surface area contributed by atoms with E-state index in [4.69, 9.17) is 4.74 Å². The van der Waals surface area contributed by atoms with Gasteiger partial charge in [0.05, 0.1) is 0 Å². The second-order valence-corrected chi connectivity index (χ2v) is 2.80. The number of rotatable bonds is 5. The van der Waals surface area contributed by atoms with Crippen LogP contribution in [0.5, 0.6) is 0 Å². The van der Waals surface area contributed by atoms with Crippen LogP contribution in [0.15, 0.2) is 11.8 Å². The highest BCUT2D eigenvalue weighted by Crippen LogP contribution is 2.08. The molecule has 0 aliphatic carbocycles. The zero-order chi connectivity index (χ0) is 9.40. The SMILES string of the molecule is CCC/C=C(/CCC)OC(C)=O. The monoisotopic (exact) mass is 170 g/mol. The van der Waals surface area contributed by atoms with Crippen molar-refractivity contribution < 1.29 is 9.53 Å². The van der Waals surface area contributed by atoms with Crippen molar-refractivity contribution in [2.75, 3.05) is 0 Å². The summed E-state index contributed by atoms with van der Waals surface area (Å²) < 4.78 is 5.02. The van der Waals surface area contributed by atoms with E-state index in [-0.39, 0.29) is 5.97 Å². The van der Waals surface area contributed by atoms with Gasteiger partial charge in [0.1, 0.15) is 5.76 Å². The summed E-state index contributed by atoms with van der Waals surface area (Å²) in [6.45, 7) is 5.62. The van der Waals surface area contributed by atoms with Crippen LogP contribution in [0, 0.1) is 0 Å². The van der Waals surface area contributed by atoms with E-state index in [0.29, 0.717) is 0 Å². The average molecular weight is 170 g/mol. The quantitative estimate of drug-likeness (QED) is 0.468. The van der Waals surface area contributed by atoms with Gasteiger partial charge in [-0.1, -0.05) is 20.3 Å². The number of carbonyl (C=O) groups is 1. The molecule has 70 valence electrons. The number of carbonyl (C=O) groups excluding carboxylic acids is 1. The molecular weight excluding hydrogens is 152 g/mol. The Kier molecular flexibility index (Phi) is 6.44. The highest BCUT2D eigenvalue weighted by atomic mass is 16.5. The molecule has 0 saturated carbocycles. The molecule has 0 radical (unpaired) electrons. The first-order chi connectivity index (χ1) is 5.70. The molecule has 0 aromatic heterocycles. The van der Waals surface area contributed by atoms with E-state index in [0.717, 1.165) is 31.4 Å². The number of unbranched alkanes of at least 4 members (excludes halogenated alkanes) is 1. The van der Waals surface area contributed by atoms with Crippen molar-refractivity contribution in [1.29, 1.82) is 0 Å². The molecule has 0 aromatic rings. The minimum atomic E-state index is -0.217. The summed E-state index contributed by atoms with van der Waals surface area (Å²) in [4.78, 5) is 10.6. The molecule has 12 heavy (non-hydrogen) atoms. The van der Waals surface area contributed by atoms with E-state index in [9.17, 15) is 4.79 Å². The van der Waals surface area contributed by atoms with Gasteiger partial charge in [0.2, 0.25) is 0 Å². The number of hydrogen-bond acceptors (Lipinski definition) is 2. The van der Waals surface area contributed by atoms with Gasteiger partial charge in [0.15, 0.2) is 0 Å². The number of hydrogen-bond donors (Lipinski definition) is 0. The predicted molar refractivity (Wildman–Crippen MR) is 49.7 cm³/mol. The minimum absolute atomic E-state index is 0.217. The maximum absolute atomic E-state index is 10.6. The molecule has 0 bridgehead atoms. The third kappa shape index (κ3) is 5.96. The molecule has 0 aromatic carbocycles. The number of esters is 1. The van der Waals surface area contributed by atoms with Gasteiger partial charge in [-0.2, -0.15) is 0 Å². The first-order valence-corrected chi connectivity index (χ1v) is 4.58. The van der Waals surface area contributed by atoms with Crippen molar-refractivity contribution in [1.82, 2.24) is 0 Å². The molecule has 0 amide bonds. The second-order valence-electron chi connectivity index (χ2n) is 2.80. The van der Waals surface area contributed by atoms with Crippen LogP contribution in [-0.4, -0.2) is 5.97 Å². The van der Waals surface area contributed by atoms with Gasteiger partial charge in [-0.25, -0.2) is 0 Å². The Bertz CT molecular complexity index is 159. The molecule has 2 nitrogen and oxygen atoms in total. The van der Waals surface area contributed by atoms with Crippen LogP contribution in [0.1, 0.15) is 46.5 Å².